The smallest absolute Gasteiger partial charge is 0.326 e. The quantitative estimate of drug-likeness (QED) is 0.0164. The Balaban J connectivity index is 3.91. The molecule has 54 heteroatoms. The van der Waals surface area contributed by atoms with Crippen LogP contribution in [0.3, 0.4) is 0 Å². The minimum absolute atomic E-state index is 0.0322. The van der Waals surface area contributed by atoms with Gasteiger partial charge in [-0.05, 0) is 89.5 Å². The van der Waals surface area contributed by atoms with Crippen LogP contribution < -0.4 is 120 Å². The van der Waals surface area contributed by atoms with Crippen LogP contribution in [0.4, 0.5) is 0 Å². The van der Waals surface area contributed by atoms with E-state index in [1.165, 1.54) is 6.92 Å². The van der Waals surface area contributed by atoms with Gasteiger partial charge in [-0.1, -0.05) is 20.3 Å². The zero-order valence-corrected chi connectivity index (χ0v) is 67.8. The molecule has 0 aliphatic carbocycles. The molecule has 15 atom stereocenters. The first kappa shape index (κ1) is 108. The number of rotatable bonds is 65. The van der Waals surface area contributed by atoms with Crippen molar-refractivity contribution in [3.05, 3.63) is 18.2 Å². The van der Waals surface area contributed by atoms with Crippen molar-refractivity contribution < 1.29 is 141 Å². The third kappa shape index (κ3) is 43.9. The molecule has 124 heavy (non-hydrogen) atoms. The van der Waals surface area contributed by atoms with Crippen LogP contribution in [-0.4, -0.2) is 287 Å². The van der Waals surface area contributed by atoms with Crippen molar-refractivity contribution in [2.24, 2.45) is 51.8 Å². The Morgan fingerprint density at radius 3 is 1.06 bits per heavy atom. The average Bonchev–Trinajstić information content (AvgIpc) is 1.05. The van der Waals surface area contributed by atoms with Crippen LogP contribution in [0.5, 0.6) is 0 Å². The lowest BCUT2D eigenvalue weighted by atomic mass is 9.96. The molecule has 38 N–H and O–H groups in total. The second kappa shape index (κ2) is 56.6. The molecule has 692 valence electrons. The fraction of sp³-hybridized carbons (Fsp3) is 0.614. The Morgan fingerprint density at radius 2 is 0.702 bits per heavy atom. The zero-order valence-electron chi connectivity index (χ0n) is 67.8. The van der Waals surface area contributed by atoms with E-state index in [0.29, 0.717) is 0 Å². The van der Waals surface area contributed by atoms with Gasteiger partial charge in [0.15, 0.2) is 5.96 Å². The van der Waals surface area contributed by atoms with Crippen LogP contribution >= 0.6 is 0 Å². The molecule has 1 rings (SSSR count). The van der Waals surface area contributed by atoms with Gasteiger partial charge in [-0.25, -0.2) is 9.78 Å². The third-order valence-corrected chi connectivity index (χ3v) is 18.3. The first-order valence-corrected chi connectivity index (χ1v) is 38.7. The van der Waals surface area contributed by atoms with E-state index in [9.17, 15) is 136 Å². The molecular formula is C70H113N25O29. The van der Waals surface area contributed by atoms with E-state index in [1.807, 2.05) is 5.32 Å². The molecule has 1 heterocycles. The number of imidazole rings is 1. The summed E-state index contributed by atoms with van der Waals surface area (Å²) in [5.41, 5.74) is 43.7. The molecule has 1 aromatic heterocycles. The number of nitrogens with one attached hydrogen (secondary N) is 16. The predicted octanol–water partition coefficient (Wildman–Crippen LogP) is -12.9. The highest BCUT2D eigenvalue weighted by Crippen LogP contribution is 2.15. The Hall–Kier alpha value is -13.8. The van der Waals surface area contributed by atoms with Gasteiger partial charge in [0.25, 0.3) is 0 Å². The maximum Gasteiger partial charge on any atom is 0.326 e. The normalized spacial score (nSPS) is 14.5. The zero-order chi connectivity index (χ0) is 94.2. The maximum atomic E-state index is 14.6. The number of carbonyl (C=O) groups excluding carboxylic acids is 18. The lowest BCUT2D eigenvalue weighted by Gasteiger charge is -2.29. The second-order valence-corrected chi connectivity index (χ2v) is 28.4. The number of carboxylic acid groups (broad SMARTS) is 5. The van der Waals surface area contributed by atoms with E-state index < -0.39 is 336 Å². The summed E-state index contributed by atoms with van der Waals surface area (Å²) in [6.07, 6.45) is -11.0. The highest BCUT2D eigenvalue weighted by molar-refractivity contribution is 6.02. The van der Waals surface area contributed by atoms with Gasteiger partial charge in [-0.15, -0.1) is 0 Å². The predicted molar refractivity (Wildman–Crippen MR) is 422 cm³/mol. The number of carboxylic acids is 5. The van der Waals surface area contributed by atoms with E-state index in [0.717, 1.165) is 12.5 Å². The summed E-state index contributed by atoms with van der Waals surface area (Å²) in [6.45, 7) is 1.73. The first-order chi connectivity index (χ1) is 58.1. The van der Waals surface area contributed by atoms with Crippen molar-refractivity contribution in [3.63, 3.8) is 0 Å². The standard InChI is InChI=1S/C70H113N25O29/c1-3-31(2)55(95-66(120)43(26-50(77)101)91-56(110)33(72)9-16-46(73)97)68(122)89-40(14-21-52(104)105)62(116)85-36(10-17-47(74)98)60(114)87-39(13-20-51(102)103)61(115)86-38(12-19-49(76)100)63(117)93-44(27-54(108)109)65(119)92-42(25-32-28-80-30-82-32)64(118)88-37(11-18-48(75)99)59(113)83-34(7-4-5-23-71)57(111)84-35(8-6-24-81-70(78)79)58(112)94-45(29-96)67(121)90-41(69(123)124)15-22-53(106)107/h28,30-31,33-45,55,96H,3-27,29,71-72H2,1-2H3,(H2,73,97)(H2,74,98)(H2,75,99)(H2,76,100)(H2,77,101)(H,80,82)(H,83,113)(H,84,111)(H,85,116)(H,86,115)(H,87,114)(H,88,118)(H,89,122)(H,90,121)(H,91,110)(H,92,119)(H,93,117)(H,94,112)(H,95,120)(H,102,103)(H,104,105)(H,106,107)(H,108,109)(H,123,124)(H4,78,79,81)/t31-,33-,34-,35-,36-,37-,38-,39-,40-,41-,42-,43-,44-,45-,55-/m0/s1. The Morgan fingerprint density at radius 1 is 0.379 bits per heavy atom. The number of aliphatic carboxylic acids is 5. The van der Waals surface area contributed by atoms with Crippen molar-refractivity contribution in [2.45, 2.75) is 246 Å². The number of hydrogen-bond donors (Lipinski definition) is 30. The van der Waals surface area contributed by atoms with Crippen molar-refractivity contribution in [3.8, 4) is 0 Å². The summed E-state index contributed by atoms with van der Waals surface area (Å²) in [4.78, 5) is 310. The van der Waals surface area contributed by atoms with Crippen LogP contribution in [0.2, 0.25) is 0 Å². The van der Waals surface area contributed by atoms with E-state index in [2.05, 4.69) is 79.1 Å². The molecule has 0 aliphatic rings. The molecule has 0 aliphatic heterocycles. The lowest BCUT2D eigenvalue weighted by molar-refractivity contribution is -0.144. The summed E-state index contributed by atoms with van der Waals surface area (Å²) >= 11 is 0. The summed E-state index contributed by atoms with van der Waals surface area (Å²) in [5, 5.41) is 97.3. The summed E-state index contributed by atoms with van der Waals surface area (Å²) in [6, 6.07) is -26.5. The highest BCUT2D eigenvalue weighted by Gasteiger charge is 2.40. The number of primary amides is 5. The summed E-state index contributed by atoms with van der Waals surface area (Å²) in [5.74, 6) is -31.8. The van der Waals surface area contributed by atoms with Gasteiger partial charge in [0.1, 0.15) is 78.5 Å². The Bertz CT molecular complexity index is 3950. The third-order valence-electron chi connectivity index (χ3n) is 18.3. The Kier molecular flexibility index (Phi) is 49.4. The number of unbranched alkanes of at least 4 members (excludes halogenated alkanes) is 1. The molecule has 0 saturated heterocycles. The summed E-state index contributed by atoms with van der Waals surface area (Å²) < 4.78 is 0. The van der Waals surface area contributed by atoms with Gasteiger partial charge < -0.3 is 156 Å². The molecule has 54 nitrogen and oxygen atoms in total. The van der Waals surface area contributed by atoms with Gasteiger partial charge >= 0.3 is 29.8 Å². The number of hydrogen-bond acceptors (Lipinski definition) is 28. The van der Waals surface area contributed by atoms with Gasteiger partial charge in [-0.2, -0.15) is 0 Å². The molecule has 0 spiro atoms. The number of carbonyl (C=O) groups is 23. The van der Waals surface area contributed by atoms with Gasteiger partial charge in [-0.3, -0.25) is 111 Å². The number of guanidine groups is 1. The monoisotopic (exact) mass is 1770 g/mol. The lowest BCUT2D eigenvalue weighted by Crippen LogP contribution is -2.61. The molecule has 0 fully saturated rings. The van der Waals surface area contributed by atoms with Crippen molar-refractivity contribution >= 4 is 142 Å². The van der Waals surface area contributed by atoms with E-state index >= 15 is 0 Å². The van der Waals surface area contributed by atoms with E-state index in [4.69, 9.17) is 56.4 Å². The van der Waals surface area contributed by atoms with Crippen LogP contribution in [0.1, 0.15) is 161 Å². The van der Waals surface area contributed by atoms with E-state index in [-0.39, 0.29) is 70.2 Å². The highest BCUT2D eigenvalue weighted by atomic mass is 16.4. The number of aliphatic hydroxyl groups excluding tert-OH is 1. The average molecular weight is 1770 g/mol. The molecular weight excluding hydrogens is 1650 g/mol. The molecule has 0 bridgehead atoms. The van der Waals surface area contributed by atoms with Crippen molar-refractivity contribution in [1.82, 2.24) is 84.4 Å². The SMILES string of the molecule is CC[C@H](C)[C@H](NC(=O)[C@H](CC(N)=O)NC(=O)[C@@H](N)CCC(N)=O)C(=O)N[C@@H](CCC(=O)O)C(=O)N[C@@H](CCC(N)=O)C(=O)N[C@@H](CCC(=O)O)C(=O)N[C@@H](CCC(N)=O)C(=O)N[C@@H](CC(=O)O)C(=O)N[C@@H](Cc1cnc[nH]1)C(=O)N[C@@H](CCC(N)=O)C(=O)N[C@@H](CCCCN)C(=O)N[C@@H](CCCNC(=N)N)C(=O)N[C@@H](CO)C(=O)N[C@@H](CCC(=O)O)C(=O)O. The number of aromatic amines is 1. The second-order valence-electron chi connectivity index (χ2n) is 28.4. The number of aliphatic hydroxyl groups is 1. The largest absolute Gasteiger partial charge is 0.481 e. The number of aromatic nitrogens is 2. The Labute approximate surface area is 706 Å². The van der Waals surface area contributed by atoms with Crippen LogP contribution in [0.25, 0.3) is 0 Å². The number of amides is 18. The topological polar surface area (TPSA) is 943 Å². The number of nitrogens with zero attached hydrogens (tertiary/aromatic N) is 1. The molecule has 0 saturated carbocycles. The number of H-pyrrole nitrogens is 1. The molecule has 1 aromatic rings. The summed E-state index contributed by atoms with van der Waals surface area (Å²) in [7, 11) is 0. The van der Waals surface area contributed by atoms with Crippen LogP contribution in [0.15, 0.2) is 12.5 Å². The van der Waals surface area contributed by atoms with Gasteiger partial charge in [0, 0.05) is 69.8 Å². The van der Waals surface area contributed by atoms with Crippen LogP contribution in [0, 0.1) is 11.3 Å². The molecule has 0 aromatic carbocycles. The minimum atomic E-state index is -2.31. The number of nitrogens with two attached hydrogens (primary N) is 8. The first-order valence-electron chi connectivity index (χ1n) is 38.7. The van der Waals surface area contributed by atoms with Crippen molar-refractivity contribution in [2.75, 3.05) is 19.7 Å². The maximum absolute atomic E-state index is 14.6. The van der Waals surface area contributed by atoms with E-state index in [1.54, 1.807) is 6.92 Å². The minimum Gasteiger partial charge on any atom is -0.481 e. The van der Waals surface area contributed by atoms with Crippen LogP contribution in [-0.2, 0) is 117 Å². The fourth-order valence-electron chi connectivity index (χ4n) is 11.3. The molecule has 18 amide bonds. The van der Waals surface area contributed by atoms with Gasteiger partial charge in [0.2, 0.25) is 106 Å². The molecule has 0 unspecified atom stereocenters. The van der Waals surface area contributed by atoms with Crippen molar-refractivity contribution in [1.29, 1.82) is 5.41 Å². The fourth-order valence-corrected chi connectivity index (χ4v) is 11.3. The molecule has 0 radical (unpaired) electrons. The van der Waals surface area contributed by atoms with Gasteiger partial charge in [0.05, 0.1) is 31.8 Å².